The van der Waals surface area contributed by atoms with E-state index < -0.39 is 0 Å². The quantitative estimate of drug-likeness (QED) is 0.288. The van der Waals surface area contributed by atoms with Crippen molar-refractivity contribution in [2.24, 2.45) is 0 Å². The molecule has 138 valence electrons. The van der Waals surface area contributed by atoms with Gasteiger partial charge in [0, 0.05) is 10.0 Å². The highest BCUT2D eigenvalue weighted by Gasteiger charge is 2.16. The molecule has 4 rings (SSSR count). The molecule has 5 heteroatoms. The fourth-order valence-corrected chi connectivity index (χ4v) is 3.52. The van der Waals surface area contributed by atoms with Gasteiger partial charge in [0.25, 0.3) is 0 Å². The van der Waals surface area contributed by atoms with Crippen LogP contribution in [0.2, 0.25) is 10.0 Å². The molecule has 4 aromatic rings. The van der Waals surface area contributed by atoms with Gasteiger partial charge in [-0.25, -0.2) is 4.98 Å². The molecule has 28 heavy (non-hydrogen) atoms. The summed E-state index contributed by atoms with van der Waals surface area (Å²) in [5.41, 5.74) is 3.48. The molecule has 0 amide bonds. The molecule has 0 radical (unpaired) electrons. The van der Waals surface area contributed by atoms with Crippen molar-refractivity contribution < 1.29 is 4.79 Å². The molecule has 0 saturated carbocycles. The van der Waals surface area contributed by atoms with E-state index in [1.165, 1.54) is 0 Å². The summed E-state index contributed by atoms with van der Waals surface area (Å²) in [6.07, 6.45) is 3.35. The van der Waals surface area contributed by atoms with Crippen LogP contribution in [0.5, 0.6) is 0 Å². The van der Waals surface area contributed by atoms with Crippen LogP contribution >= 0.6 is 23.2 Å². The van der Waals surface area contributed by atoms with E-state index in [-0.39, 0.29) is 5.78 Å². The zero-order valence-electron chi connectivity index (χ0n) is 14.8. The lowest BCUT2D eigenvalue weighted by Gasteiger charge is -2.10. The van der Waals surface area contributed by atoms with Gasteiger partial charge in [0.15, 0.2) is 5.82 Å². The van der Waals surface area contributed by atoms with Gasteiger partial charge in [-0.2, -0.15) is 0 Å². The summed E-state index contributed by atoms with van der Waals surface area (Å²) in [7, 11) is 0. The maximum atomic E-state index is 12.9. The van der Waals surface area contributed by atoms with Gasteiger partial charge < -0.3 is 4.57 Å². The molecule has 0 fully saturated rings. The van der Waals surface area contributed by atoms with Crippen molar-refractivity contribution in [3.05, 3.63) is 106 Å². The largest absolute Gasteiger partial charge is 0.317 e. The number of allylic oxidation sites excluding steroid dienone is 1. The summed E-state index contributed by atoms with van der Waals surface area (Å²) in [4.78, 5) is 17.5. The normalized spacial score (nSPS) is 11.4. The average molecular weight is 407 g/mol. The van der Waals surface area contributed by atoms with E-state index in [0.29, 0.717) is 22.4 Å². The van der Waals surface area contributed by atoms with Crippen LogP contribution in [-0.4, -0.2) is 15.3 Å². The van der Waals surface area contributed by atoms with Gasteiger partial charge in [0.1, 0.15) is 0 Å². The van der Waals surface area contributed by atoms with Gasteiger partial charge in [-0.05, 0) is 41.5 Å². The Bertz CT molecular complexity index is 1180. The Morgan fingerprint density at radius 3 is 2.50 bits per heavy atom. The smallest absolute Gasteiger partial charge is 0.221 e. The van der Waals surface area contributed by atoms with Crippen molar-refractivity contribution in [3.8, 4) is 0 Å². The highest BCUT2D eigenvalue weighted by molar-refractivity contribution is 6.35. The molecule has 0 spiro atoms. The first-order valence-corrected chi connectivity index (χ1v) is 9.54. The highest BCUT2D eigenvalue weighted by Crippen LogP contribution is 2.25. The van der Waals surface area contributed by atoms with Crippen molar-refractivity contribution in [2.75, 3.05) is 0 Å². The second-order valence-corrected chi connectivity index (χ2v) is 7.20. The van der Waals surface area contributed by atoms with Crippen molar-refractivity contribution in [1.29, 1.82) is 0 Å². The summed E-state index contributed by atoms with van der Waals surface area (Å²) in [6.45, 7) is 0.427. The number of fused-ring (bicyclic) bond motifs is 1. The number of imidazole rings is 1. The number of para-hydroxylation sites is 2. The van der Waals surface area contributed by atoms with Crippen LogP contribution in [0.25, 0.3) is 17.1 Å². The lowest BCUT2D eigenvalue weighted by atomic mass is 10.2. The molecular formula is C23H16Cl2N2O. The monoisotopic (exact) mass is 406 g/mol. The lowest BCUT2D eigenvalue weighted by Crippen LogP contribution is -2.10. The Kier molecular flexibility index (Phi) is 5.29. The third-order valence-electron chi connectivity index (χ3n) is 4.45. The topological polar surface area (TPSA) is 34.9 Å². The Labute approximate surface area is 172 Å². The Hall–Kier alpha value is -2.88. The van der Waals surface area contributed by atoms with Crippen LogP contribution in [0.1, 0.15) is 21.7 Å². The molecular weight excluding hydrogens is 391 g/mol. The molecule has 0 bridgehead atoms. The third kappa shape index (κ3) is 3.86. The first kappa shape index (κ1) is 18.5. The number of halogens is 2. The standard InChI is InChI=1S/C23H16Cl2N2O/c24-18-12-11-17(19(25)14-18)15-27-21-9-5-4-8-20(21)26-23(27)22(28)13-10-16-6-2-1-3-7-16/h1-14H,15H2. The molecule has 3 nitrogen and oxygen atoms in total. The molecule has 0 unspecified atom stereocenters. The van der Waals surface area contributed by atoms with Crippen molar-refractivity contribution in [2.45, 2.75) is 6.54 Å². The van der Waals surface area contributed by atoms with Crippen LogP contribution in [0.3, 0.4) is 0 Å². The summed E-state index contributed by atoms with van der Waals surface area (Å²) in [5, 5.41) is 1.13. The average Bonchev–Trinajstić information content (AvgIpc) is 3.08. The fourth-order valence-electron chi connectivity index (χ4n) is 3.05. The number of rotatable bonds is 5. The molecule has 0 aliphatic carbocycles. The number of carbonyl (C=O) groups is 1. The van der Waals surface area contributed by atoms with E-state index in [2.05, 4.69) is 4.98 Å². The van der Waals surface area contributed by atoms with Crippen LogP contribution < -0.4 is 0 Å². The Balaban J connectivity index is 1.74. The van der Waals surface area contributed by atoms with Crippen LogP contribution in [0.4, 0.5) is 0 Å². The third-order valence-corrected chi connectivity index (χ3v) is 5.03. The minimum Gasteiger partial charge on any atom is -0.317 e. The van der Waals surface area contributed by atoms with Crippen molar-refractivity contribution >= 4 is 46.1 Å². The SMILES string of the molecule is O=C(C=Cc1ccccc1)c1nc2ccccc2n1Cc1ccc(Cl)cc1Cl. The van der Waals surface area contributed by atoms with Gasteiger partial charge >= 0.3 is 0 Å². The molecule has 1 heterocycles. The van der Waals surface area contributed by atoms with Gasteiger partial charge in [-0.1, -0.05) is 77.8 Å². The summed E-state index contributed by atoms with van der Waals surface area (Å²) in [5.74, 6) is 0.213. The zero-order chi connectivity index (χ0) is 19.5. The Morgan fingerprint density at radius 2 is 1.71 bits per heavy atom. The van der Waals surface area contributed by atoms with Gasteiger partial charge in [0.05, 0.1) is 17.6 Å². The van der Waals surface area contributed by atoms with Crippen LogP contribution in [-0.2, 0) is 6.54 Å². The van der Waals surface area contributed by atoms with Crippen LogP contribution in [0.15, 0.2) is 78.9 Å². The number of benzene rings is 3. The summed E-state index contributed by atoms with van der Waals surface area (Å²) in [6, 6.07) is 22.7. The first-order valence-electron chi connectivity index (χ1n) is 8.78. The van der Waals surface area contributed by atoms with E-state index in [1.807, 2.05) is 65.2 Å². The number of carbonyl (C=O) groups excluding carboxylic acids is 1. The predicted molar refractivity (Wildman–Crippen MR) is 115 cm³/mol. The molecule has 0 saturated heterocycles. The number of aromatic nitrogens is 2. The molecule has 1 aromatic heterocycles. The van der Waals surface area contributed by atoms with Crippen LogP contribution in [0, 0.1) is 0 Å². The second-order valence-electron chi connectivity index (χ2n) is 6.35. The number of ketones is 1. The maximum absolute atomic E-state index is 12.9. The fraction of sp³-hybridized carbons (Fsp3) is 0.0435. The van der Waals surface area contributed by atoms with E-state index >= 15 is 0 Å². The number of nitrogens with zero attached hydrogens (tertiary/aromatic N) is 2. The van der Waals surface area contributed by atoms with Crippen molar-refractivity contribution in [3.63, 3.8) is 0 Å². The van der Waals surface area contributed by atoms with E-state index in [9.17, 15) is 4.79 Å². The Morgan fingerprint density at radius 1 is 0.964 bits per heavy atom. The number of hydrogen-bond acceptors (Lipinski definition) is 2. The predicted octanol–water partition coefficient (Wildman–Crippen LogP) is 6.29. The highest BCUT2D eigenvalue weighted by atomic mass is 35.5. The molecule has 3 aromatic carbocycles. The summed E-state index contributed by atoms with van der Waals surface area (Å²) < 4.78 is 1.89. The van der Waals surface area contributed by atoms with E-state index in [4.69, 9.17) is 23.2 Å². The minimum atomic E-state index is -0.162. The maximum Gasteiger partial charge on any atom is 0.221 e. The molecule has 0 N–H and O–H groups in total. The molecule has 0 aliphatic rings. The van der Waals surface area contributed by atoms with E-state index in [1.54, 1.807) is 24.3 Å². The van der Waals surface area contributed by atoms with Gasteiger partial charge in [0.2, 0.25) is 5.78 Å². The van der Waals surface area contributed by atoms with Crippen molar-refractivity contribution in [1.82, 2.24) is 9.55 Å². The lowest BCUT2D eigenvalue weighted by molar-refractivity contribution is 0.103. The zero-order valence-corrected chi connectivity index (χ0v) is 16.4. The summed E-state index contributed by atoms with van der Waals surface area (Å²) >= 11 is 12.4. The van der Waals surface area contributed by atoms with Gasteiger partial charge in [-0.3, -0.25) is 4.79 Å². The first-order chi connectivity index (χ1) is 13.6. The molecule has 0 aliphatic heterocycles. The van der Waals surface area contributed by atoms with Gasteiger partial charge in [-0.15, -0.1) is 0 Å². The molecule has 0 atom stereocenters. The second kappa shape index (κ2) is 8.01. The minimum absolute atomic E-state index is 0.162. The number of hydrogen-bond donors (Lipinski definition) is 0. The van der Waals surface area contributed by atoms with E-state index in [0.717, 1.165) is 22.2 Å².